The summed E-state index contributed by atoms with van der Waals surface area (Å²) >= 11 is 0. The molecule has 0 amide bonds. The number of aliphatic hydroxyl groups excluding tert-OH is 1. The fraction of sp³-hybridized carbons (Fsp3) is 0.783. The maximum atomic E-state index is 13.3. The van der Waals surface area contributed by atoms with E-state index in [-0.39, 0.29) is 47.0 Å². The van der Waals surface area contributed by atoms with Gasteiger partial charge in [0.1, 0.15) is 12.2 Å². The average molecular weight is 405 g/mol. The second-order valence-corrected chi connectivity index (χ2v) is 10.1. The van der Waals surface area contributed by atoms with Crippen molar-refractivity contribution in [1.82, 2.24) is 0 Å². The van der Waals surface area contributed by atoms with Gasteiger partial charge in [0.2, 0.25) is 0 Å². The van der Waals surface area contributed by atoms with E-state index in [4.69, 9.17) is 9.47 Å². The van der Waals surface area contributed by atoms with Crippen LogP contribution in [-0.2, 0) is 23.9 Å². The van der Waals surface area contributed by atoms with Crippen molar-refractivity contribution in [3.8, 4) is 0 Å². The summed E-state index contributed by atoms with van der Waals surface area (Å²) in [5.74, 6) is -0.464. The van der Waals surface area contributed by atoms with Gasteiger partial charge in [-0.25, -0.2) is 0 Å². The topological polar surface area (TPSA) is 89.9 Å². The Morgan fingerprint density at radius 1 is 1.07 bits per heavy atom. The second kappa shape index (κ2) is 6.93. The molecule has 160 valence electrons. The molecule has 0 aromatic heterocycles. The number of ketones is 1. The van der Waals surface area contributed by atoms with Crippen LogP contribution in [0.1, 0.15) is 66.2 Å². The molecule has 3 fully saturated rings. The van der Waals surface area contributed by atoms with E-state index in [2.05, 4.69) is 13.8 Å². The molecule has 6 nitrogen and oxygen atoms in total. The minimum atomic E-state index is -0.733. The Labute approximate surface area is 172 Å². The van der Waals surface area contributed by atoms with Crippen molar-refractivity contribution in [3.63, 3.8) is 0 Å². The number of fused-ring (bicyclic) bond motifs is 5. The second-order valence-electron chi connectivity index (χ2n) is 10.1. The first-order valence-corrected chi connectivity index (χ1v) is 10.8. The van der Waals surface area contributed by atoms with Crippen LogP contribution in [0.15, 0.2) is 11.6 Å². The third-order valence-corrected chi connectivity index (χ3v) is 8.50. The van der Waals surface area contributed by atoms with Crippen LogP contribution in [-0.4, -0.2) is 41.1 Å². The number of rotatable bonds is 2. The zero-order valence-electron chi connectivity index (χ0n) is 17.8. The van der Waals surface area contributed by atoms with Crippen molar-refractivity contribution >= 4 is 17.7 Å². The van der Waals surface area contributed by atoms with Gasteiger partial charge in [-0.3, -0.25) is 14.4 Å². The van der Waals surface area contributed by atoms with Gasteiger partial charge in [-0.05, 0) is 55.4 Å². The fourth-order valence-electron chi connectivity index (χ4n) is 7.00. The molecule has 0 aromatic rings. The number of ether oxygens (including phenoxy) is 2. The van der Waals surface area contributed by atoms with Gasteiger partial charge in [0.15, 0.2) is 5.78 Å². The number of carbonyl (C=O) groups is 3. The van der Waals surface area contributed by atoms with Gasteiger partial charge in [0.25, 0.3) is 0 Å². The Balaban J connectivity index is 1.64. The molecule has 1 N–H and O–H groups in total. The van der Waals surface area contributed by atoms with Crippen molar-refractivity contribution in [2.45, 2.75) is 84.5 Å². The molecule has 3 unspecified atom stereocenters. The zero-order valence-corrected chi connectivity index (χ0v) is 17.8. The van der Waals surface area contributed by atoms with Gasteiger partial charge in [-0.1, -0.05) is 19.4 Å². The van der Waals surface area contributed by atoms with Crippen LogP contribution in [0.5, 0.6) is 0 Å². The van der Waals surface area contributed by atoms with E-state index in [1.807, 2.05) is 0 Å². The van der Waals surface area contributed by atoms with Crippen LogP contribution in [0.2, 0.25) is 0 Å². The molecule has 8 atom stereocenters. The largest absolute Gasteiger partial charge is 0.462 e. The van der Waals surface area contributed by atoms with E-state index < -0.39 is 17.6 Å². The Bertz CT molecular complexity index is 771. The molecule has 0 aromatic carbocycles. The Hall–Kier alpha value is -1.69. The molecule has 0 bridgehead atoms. The maximum absolute atomic E-state index is 13.3. The quantitative estimate of drug-likeness (QED) is 0.712. The highest BCUT2D eigenvalue weighted by Gasteiger charge is 2.63. The number of esters is 2. The Kier molecular flexibility index (Phi) is 4.92. The smallest absolute Gasteiger partial charge is 0.302 e. The molecule has 29 heavy (non-hydrogen) atoms. The molecule has 6 heteroatoms. The Morgan fingerprint density at radius 2 is 1.76 bits per heavy atom. The molecule has 0 heterocycles. The monoisotopic (exact) mass is 404 g/mol. The number of hydrogen-bond acceptors (Lipinski definition) is 6. The minimum Gasteiger partial charge on any atom is -0.462 e. The SMILES string of the molecule is CC(=O)O[C@@H]1CC[C@@]2(C)C(=CC(=O)C3C2CC[C@@]2(C)C3C[C@@H](OC(C)=O)[C@@H]2O)C1. The highest BCUT2D eigenvalue weighted by Crippen LogP contribution is 2.64. The van der Waals surface area contributed by atoms with Crippen molar-refractivity contribution < 1.29 is 29.0 Å². The number of allylic oxidation sites excluding steroid dienone is 1. The molecule has 4 aliphatic rings. The Morgan fingerprint density at radius 3 is 2.41 bits per heavy atom. The summed E-state index contributed by atoms with van der Waals surface area (Å²) in [5, 5.41) is 10.9. The van der Waals surface area contributed by atoms with Crippen molar-refractivity contribution in [1.29, 1.82) is 0 Å². The summed E-state index contributed by atoms with van der Waals surface area (Å²) in [6.07, 6.45) is 4.96. The lowest BCUT2D eigenvalue weighted by Gasteiger charge is -2.56. The van der Waals surface area contributed by atoms with Gasteiger partial charge >= 0.3 is 11.9 Å². The minimum absolute atomic E-state index is 0.00826. The first-order chi connectivity index (χ1) is 13.6. The summed E-state index contributed by atoms with van der Waals surface area (Å²) in [5.41, 5.74) is 0.620. The highest BCUT2D eigenvalue weighted by molar-refractivity contribution is 5.94. The first kappa shape index (κ1) is 20.6. The molecule has 0 radical (unpaired) electrons. The molecule has 4 aliphatic carbocycles. The van der Waals surface area contributed by atoms with Crippen LogP contribution < -0.4 is 0 Å². The standard InChI is InChI=1S/C23H32O6/c1-12(24)28-15-5-7-22(3)14(9-15)10-18(26)20-16(22)6-8-23(4)17(20)11-19(21(23)27)29-13(2)25/h10,15-17,19-21,27H,5-9,11H2,1-4H3/t15-,16?,17?,19-,20?,21+,22+,23+/m1/s1. The van der Waals surface area contributed by atoms with Crippen LogP contribution in [0.3, 0.4) is 0 Å². The predicted octanol–water partition coefficient (Wildman–Crippen LogP) is 2.96. The lowest BCUT2D eigenvalue weighted by atomic mass is 9.47. The summed E-state index contributed by atoms with van der Waals surface area (Å²) in [6, 6.07) is 0. The number of aliphatic hydroxyl groups is 1. The molecule has 0 aliphatic heterocycles. The van der Waals surface area contributed by atoms with Crippen LogP contribution >= 0.6 is 0 Å². The number of carbonyl (C=O) groups excluding carboxylic acids is 3. The molecule has 0 spiro atoms. The summed E-state index contributed by atoms with van der Waals surface area (Å²) in [6.45, 7) is 7.10. The normalized spacial score (nSPS) is 46.1. The molecule has 0 saturated heterocycles. The van der Waals surface area contributed by atoms with Gasteiger partial charge in [0.05, 0.1) is 6.10 Å². The average Bonchev–Trinajstić information content (AvgIpc) is 2.87. The number of hydrogen-bond donors (Lipinski definition) is 1. The van der Waals surface area contributed by atoms with Gasteiger partial charge in [-0.15, -0.1) is 0 Å². The van der Waals surface area contributed by atoms with E-state index in [1.165, 1.54) is 13.8 Å². The zero-order chi connectivity index (χ0) is 21.1. The third-order valence-electron chi connectivity index (χ3n) is 8.50. The molecule has 3 saturated carbocycles. The van der Waals surface area contributed by atoms with Gasteiger partial charge in [-0.2, -0.15) is 0 Å². The first-order valence-electron chi connectivity index (χ1n) is 10.8. The molecular formula is C23H32O6. The van der Waals surface area contributed by atoms with Crippen molar-refractivity contribution in [2.75, 3.05) is 0 Å². The van der Waals surface area contributed by atoms with E-state index >= 15 is 0 Å². The van der Waals surface area contributed by atoms with E-state index in [9.17, 15) is 19.5 Å². The van der Waals surface area contributed by atoms with Crippen LogP contribution in [0, 0.1) is 28.6 Å². The van der Waals surface area contributed by atoms with E-state index in [1.54, 1.807) is 6.08 Å². The van der Waals surface area contributed by atoms with Gasteiger partial charge < -0.3 is 14.6 Å². The molecular weight excluding hydrogens is 372 g/mol. The fourth-order valence-corrected chi connectivity index (χ4v) is 7.00. The van der Waals surface area contributed by atoms with Crippen LogP contribution in [0.4, 0.5) is 0 Å². The summed E-state index contributed by atoms with van der Waals surface area (Å²) in [7, 11) is 0. The van der Waals surface area contributed by atoms with Crippen molar-refractivity contribution in [2.24, 2.45) is 28.6 Å². The van der Waals surface area contributed by atoms with Gasteiger partial charge in [0, 0.05) is 31.6 Å². The summed E-state index contributed by atoms with van der Waals surface area (Å²) < 4.78 is 10.8. The lowest BCUT2D eigenvalue weighted by Crippen LogP contribution is -2.54. The highest BCUT2D eigenvalue weighted by atomic mass is 16.6. The van der Waals surface area contributed by atoms with Crippen LogP contribution in [0.25, 0.3) is 0 Å². The predicted molar refractivity (Wildman–Crippen MR) is 105 cm³/mol. The maximum Gasteiger partial charge on any atom is 0.302 e. The van der Waals surface area contributed by atoms with Crippen molar-refractivity contribution in [3.05, 3.63) is 11.6 Å². The third kappa shape index (κ3) is 3.15. The summed E-state index contributed by atoms with van der Waals surface area (Å²) in [4.78, 5) is 36.2. The van der Waals surface area contributed by atoms with E-state index in [0.29, 0.717) is 12.8 Å². The van der Waals surface area contributed by atoms with E-state index in [0.717, 1.165) is 31.3 Å². The lowest BCUT2D eigenvalue weighted by molar-refractivity contribution is -0.154. The molecule has 4 rings (SSSR count).